The van der Waals surface area contributed by atoms with Crippen LogP contribution < -0.4 is 0 Å². The highest BCUT2D eigenvalue weighted by atomic mass is 32.1. The largest absolute Gasteiger partial charge is 0.378 e. The minimum atomic E-state index is 0.0555. The molecular formula is C13H17NO3S. The van der Waals surface area contributed by atoms with Crippen LogP contribution in [0.2, 0.25) is 0 Å². The van der Waals surface area contributed by atoms with Crippen molar-refractivity contribution in [2.45, 2.75) is 19.8 Å². The van der Waals surface area contributed by atoms with Gasteiger partial charge in [0.1, 0.15) is 0 Å². The van der Waals surface area contributed by atoms with Crippen molar-refractivity contribution in [2.24, 2.45) is 0 Å². The van der Waals surface area contributed by atoms with Gasteiger partial charge in [-0.15, -0.1) is 11.3 Å². The van der Waals surface area contributed by atoms with E-state index in [1.807, 2.05) is 19.1 Å². The van der Waals surface area contributed by atoms with Gasteiger partial charge >= 0.3 is 0 Å². The lowest BCUT2D eigenvalue weighted by Gasteiger charge is -2.26. The second-order valence-electron chi connectivity index (χ2n) is 4.33. The zero-order valence-corrected chi connectivity index (χ0v) is 11.3. The Morgan fingerprint density at radius 1 is 1.28 bits per heavy atom. The van der Waals surface area contributed by atoms with Gasteiger partial charge in [-0.2, -0.15) is 0 Å². The van der Waals surface area contributed by atoms with E-state index >= 15 is 0 Å². The van der Waals surface area contributed by atoms with Crippen LogP contribution in [0.3, 0.4) is 0 Å². The summed E-state index contributed by atoms with van der Waals surface area (Å²) in [5, 5.41) is 0. The van der Waals surface area contributed by atoms with Crippen LogP contribution in [0.1, 0.15) is 27.4 Å². The van der Waals surface area contributed by atoms with Gasteiger partial charge < -0.3 is 9.64 Å². The first-order valence-electron chi connectivity index (χ1n) is 6.12. The van der Waals surface area contributed by atoms with E-state index in [0.717, 1.165) is 9.75 Å². The molecule has 2 heterocycles. The normalized spacial score (nSPS) is 15.7. The fourth-order valence-corrected chi connectivity index (χ4v) is 2.73. The summed E-state index contributed by atoms with van der Waals surface area (Å²) < 4.78 is 5.19. The van der Waals surface area contributed by atoms with E-state index in [4.69, 9.17) is 4.74 Å². The molecule has 1 saturated heterocycles. The molecule has 0 aliphatic carbocycles. The van der Waals surface area contributed by atoms with Crippen LogP contribution in [-0.2, 0) is 9.53 Å². The number of aryl methyl sites for hydroxylation is 1. The fourth-order valence-electron chi connectivity index (χ4n) is 1.90. The van der Waals surface area contributed by atoms with Gasteiger partial charge in [-0.1, -0.05) is 0 Å². The number of ether oxygens (including phenoxy) is 1. The average Bonchev–Trinajstić information content (AvgIpc) is 2.83. The van der Waals surface area contributed by atoms with Gasteiger partial charge in [0.05, 0.1) is 18.1 Å². The molecule has 1 aliphatic heterocycles. The Hall–Kier alpha value is -1.20. The maximum atomic E-state index is 11.9. The molecule has 0 bridgehead atoms. The van der Waals surface area contributed by atoms with Crippen LogP contribution >= 0.6 is 11.3 Å². The highest BCUT2D eigenvalue weighted by Gasteiger charge is 2.18. The van der Waals surface area contributed by atoms with E-state index in [2.05, 4.69) is 0 Å². The quantitative estimate of drug-likeness (QED) is 0.783. The molecule has 5 heteroatoms. The summed E-state index contributed by atoms with van der Waals surface area (Å²) in [5.41, 5.74) is 0. The Morgan fingerprint density at radius 3 is 2.61 bits per heavy atom. The number of hydrogen-bond donors (Lipinski definition) is 0. The Balaban J connectivity index is 1.80. The van der Waals surface area contributed by atoms with Crippen molar-refractivity contribution in [3.8, 4) is 0 Å². The van der Waals surface area contributed by atoms with Crippen molar-refractivity contribution in [1.29, 1.82) is 0 Å². The summed E-state index contributed by atoms with van der Waals surface area (Å²) in [6.45, 7) is 4.46. The predicted molar refractivity (Wildman–Crippen MR) is 70.0 cm³/mol. The molecule has 98 valence electrons. The molecular weight excluding hydrogens is 250 g/mol. The lowest BCUT2D eigenvalue weighted by molar-refractivity contribution is -0.135. The number of Topliss-reactive ketones (excluding diaryl/α,β-unsaturated/α-hetero) is 1. The van der Waals surface area contributed by atoms with Crippen LogP contribution in [-0.4, -0.2) is 42.9 Å². The van der Waals surface area contributed by atoms with Crippen LogP contribution in [0, 0.1) is 6.92 Å². The van der Waals surface area contributed by atoms with Crippen molar-refractivity contribution in [3.63, 3.8) is 0 Å². The Morgan fingerprint density at radius 2 is 2.00 bits per heavy atom. The first-order valence-corrected chi connectivity index (χ1v) is 6.93. The number of morpholine rings is 1. The molecule has 1 fully saturated rings. The fraction of sp³-hybridized carbons (Fsp3) is 0.538. The van der Waals surface area contributed by atoms with E-state index in [9.17, 15) is 9.59 Å². The second-order valence-corrected chi connectivity index (χ2v) is 5.61. The SMILES string of the molecule is Cc1ccc(C(=O)CCC(=O)N2CCOCC2)s1. The monoisotopic (exact) mass is 267 g/mol. The van der Waals surface area contributed by atoms with E-state index in [-0.39, 0.29) is 11.7 Å². The summed E-state index contributed by atoms with van der Waals surface area (Å²) in [5.74, 6) is 0.120. The van der Waals surface area contributed by atoms with Gasteiger partial charge in [0.25, 0.3) is 0 Å². The molecule has 0 aromatic carbocycles. The minimum Gasteiger partial charge on any atom is -0.378 e. The van der Waals surface area contributed by atoms with Crippen LogP contribution in [0.15, 0.2) is 12.1 Å². The standard InChI is InChI=1S/C13H17NO3S/c1-10-2-4-12(18-10)11(15)3-5-13(16)14-6-8-17-9-7-14/h2,4H,3,5-9H2,1H3. The van der Waals surface area contributed by atoms with Gasteiger partial charge in [0.15, 0.2) is 5.78 Å². The first-order chi connectivity index (χ1) is 8.66. The van der Waals surface area contributed by atoms with Gasteiger partial charge in [0, 0.05) is 30.8 Å². The molecule has 1 amide bonds. The smallest absolute Gasteiger partial charge is 0.223 e. The van der Waals surface area contributed by atoms with Gasteiger partial charge in [-0.3, -0.25) is 9.59 Å². The summed E-state index contributed by atoms with van der Waals surface area (Å²) >= 11 is 1.49. The van der Waals surface area contributed by atoms with Gasteiger partial charge in [0.2, 0.25) is 5.91 Å². The second kappa shape index (κ2) is 6.11. The van der Waals surface area contributed by atoms with E-state index < -0.39 is 0 Å². The molecule has 0 spiro atoms. The van der Waals surface area contributed by atoms with Gasteiger partial charge in [-0.05, 0) is 19.1 Å². The number of ketones is 1. The minimum absolute atomic E-state index is 0.0555. The predicted octanol–water partition coefficient (Wildman–Crippen LogP) is 1.88. The number of carbonyl (C=O) groups is 2. The number of carbonyl (C=O) groups excluding carboxylic acids is 2. The molecule has 2 rings (SSSR count). The summed E-state index contributed by atoms with van der Waals surface area (Å²) in [6, 6.07) is 3.77. The van der Waals surface area contributed by atoms with Gasteiger partial charge in [-0.25, -0.2) is 0 Å². The third-order valence-corrected chi connectivity index (χ3v) is 3.99. The number of amides is 1. The molecule has 0 radical (unpaired) electrons. The molecule has 0 unspecified atom stereocenters. The highest BCUT2D eigenvalue weighted by molar-refractivity contribution is 7.14. The molecule has 0 N–H and O–H groups in total. The topological polar surface area (TPSA) is 46.6 Å². The maximum Gasteiger partial charge on any atom is 0.223 e. The molecule has 18 heavy (non-hydrogen) atoms. The summed E-state index contributed by atoms with van der Waals surface area (Å²) in [4.78, 5) is 27.4. The van der Waals surface area contributed by atoms with Crippen LogP contribution in [0.4, 0.5) is 0 Å². The lowest BCUT2D eigenvalue weighted by atomic mass is 10.1. The van der Waals surface area contributed by atoms with Crippen LogP contribution in [0.5, 0.6) is 0 Å². The van der Waals surface area contributed by atoms with Crippen molar-refractivity contribution in [3.05, 3.63) is 21.9 Å². The van der Waals surface area contributed by atoms with E-state index in [0.29, 0.717) is 39.1 Å². The molecule has 1 aromatic rings. The molecule has 0 atom stereocenters. The number of rotatable bonds is 4. The number of thiophene rings is 1. The Kier molecular flexibility index (Phi) is 4.49. The number of hydrogen-bond acceptors (Lipinski definition) is 4. The molecule has 1 aromatic heterocycles. The maximum absolute atomic E-state index is 11.9. The van der Waals surface area contributed by atoms with Crippen molar-refractivity contribution >= 4 is 23.0 Å². The third kappa shape index (κ3) is 3.40. The van der Waals surface area contributed by atoms with Crippen molar-refractivity contribution in [1.82, 2.24) is 4.90 Å². The molecule has 4 nitrogen and oxygen atoms in total. The highest BCUT2D eigenvalue weighted by Crippen LogP contribution is 2.17. The third-order valence-electron chi connectivity index (χ3n) is 2.94. The van der Waals surface area contributed by atoms with Crippen LogP contribution in [0.25, 0.3) is 0 Å². The molecule has 0 saturated carbocycles. The number of nitrogens with zero attached hydrogens (tertiary/aromatic N) is 1. The van der Waals surface area contributed by atoms with Crippen molar-refractivity contribution < 1.29 is 14.3 Å². The van der Waals surface area contributed by atoms with Crippen molar-refractivity contribution in [2.75, 3.05) is 26.3 Å². The van der Waals surface area contributed by atoms with E-state index in [1.165, 1.54) is 11.3 Å². The molecule has 1 aliphatic rings. The zero-order valence-electron chi connectivity index (χ0n) is 10.5. The van der Waals surface area contributed by atoms with E-state index in [1.54, 1.807) is 4.90 Å². The summed E-state index contributed by atoms with van der Waals surface area (Å²) in [6.07, 6.45) is 0.603. The Bertz CT molecular complexity index is 435. The zero-order chi connectivity index (χ0) is 13.0. The average molecular weight is 267 g/mol. The lowest BCUT2D eigenvalue weighted by Crippen LogP contribution is -2.40. The Labute approximate surface area is 111 Å². The first kappa shape index (κ1) is 13.2. The summed E-state index contributed by atoms with van der Waals surface area (Å²) in [7, 11) is 0.